The van der Waals surface area contributed by atoms with E-state index in [-0.39, 0.29) is 0 Å². The monoisotopic (exact) mass is 317 g/mol. The van der Waals surface area contributed by atoms with Crippen LogP contribution < -0.4 is 0 Å². The van der Waals surface area contributed by atoms with Gasteiger partial charge in [0.25, 0.3) is 0 Å². The molecule has 2 aliphatic rings. The Morgan fingerprint density at radius 2 is 2.14 bits per heavy atom. The molecule has 0 spiro atoms. The van der Waals surface area contributed by atoms with Gasteiger partial charge in [0.2, 0.25) is 0 Å². The summed E-state index contributed by atoms with van der Waals surface area (Å²) in [6.07, 6.45) is 6.72. The molecule has 5 heteroatoms. The van der Waals surface area contributed by atoms with Gasteiger partial charge in [-0.3, -0.25) is 0 Å². The summed E-state index contributed by atoms with van der Waals surface area (Å²) in [5.74, 6) is 5.21. The number of rotatable bonds is 4. The SMILES string of the molecule is c1cnc2c(c1)nc(CC1CCOC1)n2CC1CCSCC1. The van der Waals surface area contributed by atoms with Crippen LogP contribution in [0.5, 0.6) is 0 Å². The molecule has 2 aliphatic heterocycles. The first-order valence-corrected chi connectivity index (χ1v) is 9.51. The minimum Gasteiger partial charge on any atom is -0.381 e. The maximum Gasteiger partial charge on any atom is 0.159 e. The van der Waals surface area contributed by atoms with Crippen molar-refractivity contribution in [3.63, 3.8) is 0 Å². The second-order valence-electron chi connectivity index (χ2n) is 6.47. The molecule has 2 aromatic heterocycles. The van der Waals surface area contributed by atoms with Gasteiger partial charge in [-0.15, -0.1) is 0 Å². The van der Waals surface area contributed by atoms with E-state index in [1.807, 2.05) is 12.3 Å². The van der Waals surface area contributed by atoms with E-state index in [4.69, 9.17) is 9.72 Å². The molecule has 118 valence electrons. The van der Waals surface area contributed by atoms with Crippen LogP contribution >= 0.6 is 11.8 Å². The van der Waals surface area contributed by atoms with Crippen molar-refractivity contribution in [3.05, 3.63) is 24.2 Å². The first kappa shape index (κ1) is 14.5. The van der Waals surface area contributed by atoms with Crippen LogP contribution in [-0.4, -0.2) is 39.3 Å². The Hall–Kier alpha value is -1.07. The molecule has 4 nitrogen and oxygen atoms in total. The van der Waals surface area contributed by atoms with E-state index >= 15 is 0 Å². The molecule has 2 aromatic rings. The molecule has 0 bridgehead atoms. The second kappa shape index (κ2) is 6.59. The molecule has 2 fully saturated rings. The molecular formula is C17H23N3OS. The van der Waals surface area contributed by atoms with Gasteiger partial charge in [-0.2, -0.15) is 11.8 Å². The zero-order chi connectivity index (χ0) is 14.8. The summed E-state index contributed by atoms with van der Waals surface area (Å²) < 4.78 is 7.93. The van der Waals surface area contributed by atoms with E-state index in [0.717, 1.165) is 49.7 Å². The molecule has 0 aromatic carbocycles. The highest BCUT2D eigenvalue weighted by Gasteiger charge is 2.23. The number of nitrogens with zero attached hydrogens (tertiary/aromatic N) is 3. The first-order chi connectivity index (χ1) is 10.9. The van der Waals surface area contributed by atoms with Crippen LogP contribution in [0.2, 0.25) is 0 Å². The summed E-state index contributed by atoms with van der Waals surface area (Å²) in [5.41, 5.74) is 2.11. The predicted octanol–water partition coefficient (Wildman–Crippen LogP) is 3.15. The third-order valence-corrected chi connectivity index (χ3v) is 5.91. The Labute approximate surface area is 135 Å². The lowest BCUT2D eigenvalue weighted by Gasteiger charge is -2.23. The quantitative estimate of drug-likeness (QED) is 0.868. The fraction of sp³-hybridized carbons (Fsp3) is 0.647. The number of fused-ring (bicyclic) bond motifs is 1. The zero-order valence-corrected chi connectivity index (χ0v) is 13.7. The second-order valence-corrected chi connectivity index (χ2v) is 7.70. The lowest BCUT2D eigenvalue weighted by Crippen LogP contribution is -2.19. The van der Waals surface area contributed by atoms with Gasteiger partial charge >= 0.3 is 0 Å². The number of imidazole rings is 1. The molecule has 0 aliphatic carbocycles. The van der Waals surface area contributed by atoms with E-state index in [9.17, 15) is 0 Å². The van der Waals surface area contributed by atoms with Crippen molar-refractivity contribution in [2.45, 2.75) is 32.2 Å². The molecule has 4 rings (SSSR count). The van der Waals surface area contributed by atoms with Gasteiger partial charge in [0.15, 0.2) is 5.65 Å². The van der Waals surface area contributed by atoms with E-state index in [1.165, 1.54) is 30.2 Å². The standard InChI is InChI=1S/C17H23N3OS/c1-2-15-17(18-6-1)20(11-13-4-8-22-9-5-13)16(19-15)10-14-3-7-21-12-14/h1-2,6,13-14H,3-5,7-12H2. The predicted molar refractivity (Wildman–Crippen MR) is 90.2 cm³/mol. The van der Waals surface area contributed by atoms with Crippen LogP contribution in [-0.2, 0) is 17.7 Å². The summed E-state index contributed by atoms with van der Waals surface area (Å²) in [5, 5.41) is 0. The van der Waals surface area contributed by atoms with E-state index in [2.05, 4.69) is 27.4 Å². The third kappa shape index (κ3) is 3.01. The Bertz CT molecular complexity index is 630. The van der Waals surface area contributed by atoms with Crippen molar-refractivity contribution in [3.8, 4) is 0 Å². The Balaban J connectivity index is 1.63. The molecular weight excluding hydrogens is 294 g/mol. The fourth-order valence-electron chi connectivity index (χ4n) is 3.54. The molecule has 1 atom stereocenters. The molecule has 22 heavy (non-hydrogen) atoms. The van der Waals surface area contributed by atoms with Crippen LogP contribution in [0.1, 0.15) is 25.1 Å². The lowest BCUT2D eigenvalue weighted by atomic mass is 10.0. The number of thioether (sulfide) groups is 1. The van der Waals surface area contributed by atoms with Crippen LogP contribution in [0.15, 0.2) is 18.3 Å². The maximum atomic E-state index is 5.54. The summed E-state index contributed by atoms with van der Waals surface area (Å²) in [7, 11) is 0. The van der Waals surface area contributed by atoms with Crippen molar-refractivity contribution < 1.29 is 4.74 Å². The van der Waals surface area contributed by atoms with E-state index < -0.39 is 0 Å². The normalized spacial score (nSPS) is 23.4. The highest BCUT2D eigenvalue weighted by molar-refractivity contribution is 7.99. The number of ether oxygens (including phenoxy) is 1. The molecule has 0 N–H and O–H groups in total. The van der Waals surface area contributed by atoms with Crippen LogP contribution in [0.3, 0.4) is 0 Å². The van der Waals surface area contributed by atoms with Gasteiger partial charge in [0, 0.05) is 32.4 Å². The lowest BCUT2D eigenvalue weighted by molar-refractivity contribution is 0.185. The van der Waals surface area contributed by atoms with Crippen molar-refractivity contribution in [1.29, 1.82) is 0 Å². The smallest absolute Gasteiger partial charge is 0.159 e. The van der Waals surface area contributed by atoms with Gasteiger partial charge in [-0.05, 0) is 54.7 Å². The van der Waals surface area contributed by atoms with E-state index in [0.29, 0.717) is 5.92 Å². The average Bonchev–Trinajstić information content (AvgIpc) is 3.18. The van der Waals surface area contributed by atoms with Crippen molar-refractivity contribution in [2.24, 2.45) is 11.8 Å². The Morgan fingerprint density at radius 1 is 1.23 bits per heavy atom. The average molecular weight is 317 g/mol. The van der Waals surface area contributed by atoms with Crippen molar-refractivity contribution in [1.82, 2.24) is 14.5 Å². The zero-order valence-electron chi connectivity index (χ0n) is 12.9. The minimum absolute atomic E-state index is 0.623. The van der Waals surface area contributed by atoms with Crippen molar-refractivity contribution in [2.75, 3.05) is 24.7 Å². The molecule has 4 heterocycles. The van der Waals surface area contributed by atoms with Crippen LogP contribution in [0.25, 0.3) is 11.2 Å². The largest absolute Gasteiger partial charge is 0.381 e. The fourth-order valence-corrected chi connectivity index (χ4v) is 4.75. The van der Waals surface area contributed by atoms with Crippen LogP contribution in [0.4, 0.5) is 0 Å². The maximum absolute atomic E-state index is 5.54. The van der Waals surface area contributed by atoms with Crippen LogP contribution in [0, 0.1) is 11.8 Å². The van der Waals surface area contributed by atoms with Gasteiger partial charge in [0.1, 0.15) is 11.3 Å². The first-order valence-electron chi connectivity index (χ1n) is 8.36. The van der Waals surface area contributed by atoms with Crippen molar-refractivity contribution >= 4 is 22.9 Å². The van der Waals surface area contributed by atoms with Gasteiger partial charge < -0.3 is 9.30 Å². The Kier molecular flexibility index (Phi) is 4.35. The topological polar surface area (TPSA) is 39.9 Å². The highest BCUT2D eigenvalue weighted by Crippen LogP contribution is 2.27. The highest BCUT2D eigenvalue weighted by atomic mass is 32.2. The molecule has 2 saturated heterocycles. The van der Waals surface area contributed by atoms with Gasteiger partial charge in [-0.1, -0.05) is 0 Å². The molecule has 0 saturated carbocycles. The van der Waals surface area contributed by atoms with Gasteiger partial charge in [0.05, 0.1) is 0 Å². The molecule has 0 radical (unpaired) electrons. The minimum atomic E-state index is 0.623. The number of pyridine rings is 1. The molecule has 1 unspecified atom stereocenters. The Morgan fingerprint density at radius 3 is 2.95 bits per heavy atom. The summed E-state index contributed by atoms with van der Waals surface area (Å²) >= 11 is 2.09. The summed E-state index contributed by atoms with van der Waals surface area (Å²) in [4.78, 5) is 9.49. The number of aromatic nitrogens is 3. The summed E-state index contributed by atoms with van der Waals surface area (Å²) in [6.45, 7) is 2.87. The van der Waals surface area contributed by atoms with E-state index in [1.54, 1.807) is 0 Å². The third-order valence-electron chi connectivity index (χ3n) is 4.86. The number of hydrogen-bond donors (Lipinski definition) is 0. The number of hydrogen-bond acceptors (Lipinski definition) is 4. The van der Waals surface area contributed by atoms with Gasteiger partial charge in [-0.25, -0.2) is 9.97 Å². The molecule has 0 amide bonds. The summed E-state index contributed by atoms with van der Waals surface area (Å²) in [6, 6.07) is 4.07.